The Labute approximate surface area is 231 Å². The molecule has 41 heavy (non-hydrogen) atoms. The molecule has 0 atom stereocenters. The quantitative estimate of drug-likeness (QED) is 0.0835. The zero-order chi connectivity index (χ0) is 29.6. The lowest BCUT2D eigenvalue weighted by Gasteiger charge is -2.12. The van der Waals surface area contributed by atoms with E-state index in [-0.39, 0.29) is 35.2 Å². The van der Waals surface area contributed by atoms with Crippen LogP contribution in [0.25, 0.3) is 0 Å². The summed E-state index contributed by atoms with van der Waals surface area (Å²) in [5.74, 6) is -2.28. The fraction of sp³-hybridized carbons (Fsp3) is 0.125. The topological polar surface area (TPSA) is 109 Å². The van der Waals surface area contributed by atoms with Crippen LogP contribution in [0.15, 0.2) is 65.9 Å². The second-order valence-corrected chi connectivity index (χ2v) is 8.34. The van der Waals surface area contributed by atoms with Crippen molar-refractivity contribution in [1.29, 1.82) is 0 Å². The van der Waals surface area contributed by atoms with Crippen LogP contribution in [0.5, 0.6) is 5.75 Å². The number of alkyl halides is 6. The highest BCUT2D eigenvalue weighted by Gasteiger charge is 2.34. The molecule has 0 bridgehead atoms. The van der Waals surface area contributed by atoms with Gasteiger partial charge in [0, 0.05) is 18.4 Å². The predicted octanol–water partition coefficient (Wildman–Crippen LogP) is 6.78. The summed E-state index contributed by atoms with van der Waals surface area (Å²) < 4.78 is 93.9. The summed E-state index contributed by atoms with van der Waals surface area (Å²) in [6.45, 7) is 0.178. The van der Waals surface area contributed by atoms with Crippen LogP contribution in [0.4, 0.5) is 54.3 Å². The van der Waals surface area contributed by atoms with Gasteiger partial charge in [0.2, 0.25) is 17.8 Å². The number of nitrogens with one attached hydrogen (secondary N) is 3. The van der Waals surface area contributed by atoms with Gasteiger partial charge < -0.3 is 15.4 Å². The first-order chi connectivity index (χ1) is 19.3. The molecule has 17 heteroatoms. The number of hydrazone groups is 1. The Morgan fingerprint density at radius 2 is 1.59 bits per heavy atom. The van der Waals surface area contributed by atoms with Gasteiger partial charge in [0.05, 0.1) is 11.8 Å². The molecule has 0 saturated heterocycles. The van der Waals surface area contributed by atoms with E-state index in [1.54, 1.807) is 12.1 Å². The zero-order valence-corrected chi connectivity index (χ0v) is 21.0. The smallest absolute Gasteiger partial charge is 0.406 e. The lowest BCUT2D eigenvalue weighted by Crippen LogP contribution is -2.17. The van der Waals surface area contributed by atoms with E-state index in [4.69, 9.17) is 11.6 Å². The molecular formula is C24H16ClF7N8O. The number of nitrogens with zero attached hydrogens (tertiary/aromatic N) is 5. The number of pyridine rings is 1. The van der Waals surface area contributed by atoms with Crippen molar-refractivity contribution in [2.75, 3.05) is 16.1 Å². The molecule has 0 aliphatic rings. The third kappa shape index (κ3) is 8.89. The Balaban J connectivity index is 1.54. The van der Waals surface area contributed by atoms with Gasteiger partial charge in [-0.05, 0) is 59.7 Å². The normalized spacial score (nSPS) is 11.9. The average Bonchev–Trinajstić information content (AvgIpc) is 2.89. The van der Waals surface area contributed by atoms with Crippen molar-refractivity contribution in [2.45, 2.75) is 19.1 Å². The fourth-order valence-corrected chi connectivity index (χ4v) is 3.23. The van der Waals surface area contributed by atoms with Crippen LogP contribution in [0, 0.1) is 5.82 Å². The van der Waals surface area contributed by atoms with Gasteiger partial charge in [0.25, 0.3) is 0 Å². The fourth-order valence-electron chi connectivity index (χ4n) is 3.12. The van der Waals surface area contributed by atoms with Crippen LogP contribution in [0.3, 0.4) is 0 Å². The van der Waals surface area contributed by atoms with E-state index >= 15 is 0 Å². The van der Waals surface area contributed by atoms with Gasteiger partial charge in [-0.25, -0.2) is 14.8 Å². The molecule has 9 nitrogen and oxygen atoms in total. The molecule has 2 aromatic heterocycles. The van der Waals surface area contributed by atoms with Crippen LogP contribution in [-0.2, 0) is 12.7 Å². The van der Waals surface area contributed by atoms with Crippen molar-refractivity contribution in [1.82, 2.24) is 19.9 Å². The maximum atomic E-state index is 13.7. The van der Waals surface area contributed by atoms with E-state index in [1.165, 1.54) is 24.5 Å². The van der Waals surface area contributed by atoms with Crippen molar-refractivity contribution in [3.05, 3.63) is 88.5 Å². The summed E-state index contributed by atoms with van der Waals surface area (Å²) >= 11 is 5.78. The van der Waals surface area contributed by atoms with Gasteiger partial charge in [0.1, 0.15) is 16.7 Å². The van der Waals surface area contributed by atoms with Crippen molar-refractivity contribution in [3.63, 3.8) is 0 Å². The molecule has 4 aromatic rings. The first kappa shape index (κ1) is 29.3. The first-order valence-corrected chi connectivity index (χ1v) is 11.6. The Morgan fingerprint density at radius 3 is 2.24 bits per heavy atom. The summed E-state index contributed by atoms with van der Waals surface area (Å²) in [5.41, 5.74) is 1.95. The SMILES string of the molecule is Fc1ccc(Nc2nc(NCc3ccc(Cl)nc3)nc(N/N=C\c3ccc(OC(F)(F)F)cc3)n2)cc1C(F)(F)F. The minimum absolute atomic E-state index is 0.0260. The number of rotatable bonds is 9. The molecule has 0 fully saturated rings. The molecule has 2 heterocycles. The summed E-state index contributed by atoms with van der Waals surface area (Å²) in [5, 5.41) is 9.67. The summed E-state index contributed by atoms with van der Waals surface area (Å²) in [6.07, 6.45) is -7.02. The van der Waals surface area contributed by atoms with E-state index in [9.17, 15) is 30.7 Å². The summed E-state index contributed by atoms with van der Waals surface area (Å²) in [6, 6.07) is 10.3. The van der Waals surface area contributed by atoms with Crippen LogP contribution in [0.2, 0.25) is 5.15 Å². The second kappa shape index (κ2) is 12.2. The molecule has 0 radical (unpaired) electrons. The van der Waals surface area contributed by atoms with E-state index in [0.29, 0.717) is 23.3 Å². The highest BCUT2D eigenvalue weighted by Crippen LogP contribution is 2.33. The third-order valence-corrected chi connectivity index (χ3v) is 5.12. The van der Waals surface area contributed by atoms with E-state index in [2.05, 4.69) is 45.8 Å². The second-order valence-electron chi connectivity index (χ2n) is 7.95. The minimum Gasteiger partial charge on any atom is -0.406 e. The van der Waals surface area contributed by atoms with Crippen molar-refractivity contribution >= 4 is 41.3 Å². The monoisotopic (exact) mass is 600 g/mol. The number of hydrogen-bond acceptors (Lipinski definition) is 9. The lowest BCUT2D eigenvalue weighted by molar-refractivity contribution is -0.274. The molecule has 0 saturated carbocycles. The number of hydrogen-bond donors (Lipinski definition) is 3. The maximum absolute atomic E-state index is 13.7. The predicted molar refractivity (Wildman–Crippen MR) is 135 cm³/mol. The molecule has 2 aromatic carbocycles. The highest BCUT2D eigenvalue weighted by molar-refractivity contribution is 6.29. The maximum Gasteiger partial charge on any atom is 0.573 e. The molecule has 0 aliphatic heterocycles. The Morgan fingerprint density at radius 1 is 0.878 bits per heavy atom. The number of halogens is 8. The minimum atomic E-state index is -4.93. The largest absolute Gasteiger partial charge is 0.573 e. The zero-order valence-electron chi connectivity index (χ0n) is 20.2. The van der Waals surface area contributed by atoms with Crippen LogP contribution < -0.4 is 20.8 Å². The van der Waals surface area contributed by atoms with Gasteiger partial charge in [-0.3, -0.25) is 0 Å². The van der Waals surface area contributed by atoms with Gasteiger partial charge in [-0.2, -0.15) is 33.2 Å². The molecule has 0 amide bonds. The van der Waals surface area contributed by atoms with E-state index in [1.807, 2.05) is 0 Å². The summed E-state index contributed by atoms with van der Waals surface area (Å²) in [7, 11) is 0. The van der Waals surface area contributed by atoms with E-state index < -0.39 is 29.7 Å². The van der Waals surface area contributed by atoms with Gasteiger partial charge in [0.15, 0.2) is 0 Å². The van der Waals surface area contributed by atoms with Crippen LogP contribution >= 0.6 is 11.6 Å². The molecule has 214 valence electrons. The Kier molecular flexibility index (Phi) is 8.71. The lowest BCUT2D eigenvalue weighted by atomic mass is 10.2. The number of ether oxygens (including phenoxy) is 1. The summed E-state index contributed by atoms with van der Waals surface area (Å²) in [4.78, 5) is 16.3. The number of anilines is 4. The molecular weight excluding hydrogens is 585 g/mol. The van der Waals surface area contributed by atoms with Gasteiger partial charge in [-0.1, -0.05) is 17.7 Å². The Bertz CT molecular complexity index is 1510. The van der Waals surface area contributed by atoms with Crippen LogP contribution in [-0.4, -0.2) is 32.5 Å². The van der Waals surface area contributed by atoms with Crippen molar-refractivity contribution in [2.24, 2.45) is 5.10 Å². The average molecular weight is 601 g/mol. The van der Waals surface area contributed by atoms with Crippen molar-refractivity contribution < 1.29 is 35.5 Å². The standard InChI is InChI=1S/C24H16ClF7N8O/c25-19-8-3-14(10-33-19)11-34-20-37-21(36-15-4-7-18(26)17(9-15)23(27,28)29)39-22(38-20)40-35-12-13-1-5-16(6-2-13)41-24(30,31)32/h1-10,12H,11H2,(H3,34,36,37,38,39,40)/b35-12-. The van der Waals surface area contributed by atoms with Crippen molar-refractivity contribution in [3.8, 4) is 5.75 Å². The third-order valence-electron chi connectivity index (χ3n) is 4.89. The number of aromatic nitrogens is 4. The van der Waals surface area contributed by atoms with E-state index in [0.717, 1.165) is 18.2 Å². The highest BCUT2D eigenvalue weighted by atomic mass is 35.5. The first-order valence-electron chi connectivity index (χ1n) is 11.2. The Hall–Kier alpha value is -4.73. The van der Waals surface area contributed by atoms with Gasteiger partial charge >= 0.3 is 12.5 Å². The molecule has 3 N–H and O–H groups in total. The van der Waals surface area contributed by atoms with Gasteiger partial charge in [-0.15, -0.1) is 13.2 Å². The molecule has 4 rings (SSSR count). The molecule has 0 aliphatic carbocycles. The number of benzene rings is 2. The molecule has 0 unspecified atom stereocenters. The van der Waals surface area contributed by atoms with Crippen LogP contribution in [0.1, 0.15) is 16.7 Å². The molecule has 0 spiro atoms.